The highest BCUT2D eigenvalue weighted by atomic mass is 35.5. The highest BCUT2D eigenvalue weighted by Crippen LogP contribution is 2.63. The Morgan fingerprint density at radius 1 is 1.22 bits per heavy atom. The highest BCUT2D eigenvalue weighted by molar-refractivity contribution is 6.31. The predicted octanol–water partition coefficient (Wildman–Crippen LogP) is 4.56. The van der Waals surface area contributed by atoms with Gasteiger partial charge in [-0.2, -0.15) is 0 Å². The summed E-state index contributed by atoms with van der Waals surface area (Å²) >= 11 is 6.09. The molecule has 100 valence electrons. The molecular formula is C15H21ClFN. The standard InChI is InChI=1S/C15H21ClFN/c1-9(11-7-6-10(17)8-12(11)16)18-13-14(2,3)15(13,4)5/h6-9,13,18H,1-5H3. The molecule has 3 heteroatoms. The quantitative estimate of drug-likeness (QED) is 0.848. The van der Waals surface area contributed by atoms with Crippen molar-refractivity contribution in [2.75, 3.05) is 0 Å². The Hall–Kier alpha value is -0.600. The molecule has 1 aliphatic carbocycles. The fraction of sp³-hybridized carbons (Fsp3) is 0.600. The van der Waals surface area contributed by atoms with Gasteiger partial charge in [0.1, 0.15) is 5.82 Å². The lowest BCUT2D eigenvalue weighted by Crippen LogP contribution is -2.26. The van der Waals surface area contributed by atoms with Crippen LogP contribution >= 0.6 is 11.6 Å². The highest BCUT2D eigenvalue weighted by Gasteiger charge is 2.64. The second-order valence-electron chi connectivity index (χ2n) is 6.43. The van der Waals surface area contributed by atoms with Gasteiger partial charge in [0.2, 0.25) is 0 Å². The molecule has 1 aromatic rings. The normalized spacial score (nSPS) is 22.8. The first-order valence-corrected chi connectivity index (χ1v) is 6.76. The Kier molecular flexibility index (Phi) is 3.23. The Bertz CT molecular complexity index is 454. The molecule has 0 heterocycles. The number of nitrogens with one attached hydrogen (secondary N) is 1. The lowest BCUT2D eigenvalue weighted by Gasteiger charge is -2.17. The van der Waals surface area contributed by atoms with E-state index >= 15 is 0 Å². The van der Waals surface area contributed by atoms with Crippen LogP contribution in [0.15, 0.2) is 18.2 Å². The van der Waals surface area contributed by atoms with Gasteiger partial charge in [-0.1, -0.05) is 45.4 Å². The summed E-state index contributed by atoms with van der Waals surface area (Å²) < 4.78 is 13.0. The van der Waals surface area contributed by atoms with E-state index in [9.17, 15) is 4.39 Å². The topological polar surface area (TPSA) is 12.0 Å². The van der Waals surface area contributed by atoms with Crippen LogP contribution in [0.25, 0.3) is 0 Å². The summed E-state index contributed by atoms with van der Waals surface area (Å²) in [7, 11) is 0. The Morgan fingerprint density at radius 2 is 1.78 bits per heavy atom. The molecule has 0 saturated heterocycles. The van der Waals surface area contributed by atoms with Gasteiger partial charge in [0.25, 0.3) is 0 Å². The van der Waals surface area contributed by atoms with Crippen LogP contribution in [-0.4, -0.2) is 6.04 Å². The summed E-state index contributed by atoms with van der Waals surface area (Å²) in [4.78, 5) is 0. The summed E-state index contributed by atoms with van der Waals surface area (Å²) in [5, 5.41) is 4.10. The van der Waals surface area contributed by atoms with E-state index in [-0.39, 0.29) is 22.7 Å². The second-order valence-corrected chi connectivity index (χ2v) is 6.84. The Morgan fingerprint density at radius 3 is 2.22 bits per heavy atom. The van der Waals surface area contributed by atoms with Crippen molar-refractivity contribution in [3.05, 3.63) is 34.6 Å². The molecule has 1 saturated carbocycles. The zero-order chi connectivity index (χ0) is 13.7. The van der Waals surface area contributed by atoms with E-state index in [1.165, 1.54) is 12.1 Å². The molecule has 1 N–H and O–H groups in total. The molecule has 1 aliphatic rings. The van der Waals surface area contributed by atoms with Crippen LogP contribution in [0.4, 0.5) is 4.39 Å². The van der Waals surface area contributed by atoms with Crippen LogP contribution in [0.2, 0.25) is 5.02 Å². The maximum atomic E-state index is 13.0. The third-order valence-electron chi connectivity index (χ3n) is 4.87. The van der Waals surface area contributed by atoms with Crippen molar-refractivity contribution in [2.24, 2.45) is 10.8 Å². The molecule has 1 atom stereocenters. The van der Waals surface area contributed by atoms with Crippen LogP contribution in [-0.2, 0) is 0 Å². The fourth-order valence-electron chi connectivity index (χ4n) is 2.81. The molecule has 1 fully saturated rings. The zero-order valence-corrected chi connectivity index (χ0v) is 12.4. The van der Waals surface area contributed by atoms with Gasteiger partial charge in [0, 0.05) is 17.1 Å². The van der Waals surface area contributed by atoms with Gasteiger partial charge in [0.15, 0.2) is 0 Å². The number of rotatable bonds is 3. The van der Waals surface area contributed by atoms with Gasteiger partial charge >= 0.3 is 0 Å². The third-order valence-corrected chi connectivity index (χ3v) is 5.19. The van der Waals surface area contributed by atoms with Gasteiger partial charge < -0.3 is 5.32 Å². The van der Waals surface area contributed by atoms with Crippen LogP contribution in [0, 0.1) is 16.6 Å². The summed E-state index contributed by atoms with van der Waals surface area (Å²) in [6.45, 7) is 11.1. The Balaban J connectivity index is 2.12. The lowest BCUT2D eigenvalue weighted by atomic mass is 10.0. The Labute approximate surface area is 114 Å². The second kappa shape index (κ2) is 4.21. The van der Waals surface area contributed by atoms with Crippen molar-refractivity contribution >= 4 is 11.6 Å². The smallest absolute Gasteiger partial charge is 0.124 e. The molecule has 18 heavy (non-hydrogen) atoms. The molecule has 1 nitrogen and oxygen atoms in total. The van der Waals surface area contributed by atoms with Gasteiger partial charge in [-0.05, 0) is 35.4 Å². The van der Waals surface area contributed by atoms with Crippen LogP contribution < -0.4 is 5.32 Å². The molecule has 1 aromatic carbocycles. The predicted molar refractivity (Wildman–Crippen MR) is 74.3 cm³/mol. The van der Waals surface area contributed by atoms with E-state index in [0.29, 0.717) is 11.1 Å². The SMILES string of the molecule is CC(NC1C(C)(C)C1(C)C)c1ccc(F)cc1Cl. The molecule has 0 aliphatic heterocycles. The van der Waals surface area contributed by atoms with Crippen LogP contribution in [0.5, 0.6) is 0 Å². The summed E-state index contributed by atoms with van der Waals surface area (Å²) in [5.74, 6) is -0.289. The third kappa shape index (κ3) is 2.06. The maximum absolute atomic E-state index is 13.0. The minimum atomic E-state index is -0.289. The largest absolute Gasteiger partial charge is 0.306 e. The monoisotopic (exact) mass is 269 g/mol. The maximum Gasteiger partial charge on any atom is 0.124 e. The van der Waals surface area contributed by atoms with Crippen LogP contribution in [0.1, 0.15) is 46.2 Å². The van der Waals surface area contributed by atoms with Crippen molar-refractivity contribution in [3.8, 4) is 0 Å². The zero-order valence-electron chi connectivity index (χ0n) is 11.6. The molecule has 1 unspecified atom stereocenters. The van der Waals surface area contributed by atoms with E-state index in [1.807, 2.05) is 0 Å². The minimum Gasteiger partial charge on any atom is -0.306 e. The average molecular weight is 270 g/mol. The van der Waals surface area contributed by atoms with E-state index < -0.39 is 0 Å². The van der Waals surface area contributed by atoms with Crippen molar-refractivity contribution in [3.63, 3.8) is 0 Å². The first-order chi connectivity index (χ1) is 8.18. The number of hydrogen-bond acceptors (Lipinski definition) is 1. The molecule has 0 bridgehead atoms. The number of hydrogen-bond donors (Lipinski definition) is 1. The van der Waals surface area contributed by atoms with Crippen molar-refractivity contribution in [2.45, 2.75) is 46.7 Å². The molecule has 0 spiro atoms. The first-order valence-electron chi connectivity index (χ1n) is 6.39. The van der Waals surface area contributed by atoms with Gasteiger partial charge in [-0.25, -0.2) is 4.39 Å². The van der Waals surface area contributed by atoms with Crippen LogP contribution in [0.3, 0.4) is 0 Å². The fourth-order valence-corrected chi connectivity index (χ4v) is 3.14. The van der Waals surface area contributed by atoms with E-state index in [0.717, 1.165) is 5.56 Å². The molecule has 0 amide bonds. The van der Waals surface area contributed by atoms with Crippen molar-refractivity contribution in [1.82, 2.24) is 5.32 Å². The number of benzene rings is 1. The first kappa shape index (κ1) is 13.8. The van der Waals surface area contributed by atoms with Gasteiger partial charge in [0.05, 0.1) is 0 Å². The lowest BCUT2D eigenvalue weighted by molar-refractivity contribution is 0.457. The minimum absolute atomic E-state index is 0.129. The van der Waals surface area contributed by atoms with Crippen molar-refractivity contribution in [1.29, 1.82) is 0 Å². The average Bonchev–Trinajstić information content (AvgIpc) is 2.60. The van der Waals surface area contributed by atoms with E-state index in [4.69, 9.17) is 11.6 Å². The number of halogens is 2. The van der Waals surface area contributed by atoms with Crippen molar-refractivity contribution < 1.29 is 4.39 Å². The summed E-state index contributed by atoms with van der Waals surface area (Å²) in [5.41, 5.74) is 1.53. The van der Waals surface area contributed by atoms with E-state index in [1.54, 1.807) is 6.07 Å². The van der Waals surface area contributed by atoms with Gasteiger partial charge in [-0.3, -0.25) is 0 Å². The summed E-state index contributed by atoms with van der Waals surface area (Å²) in [6.07, 6.45) is 0. The molecule has 0 radical (unpaired) electrons. The molecule has 2 rings (SSSR count). The summed E-state index contributed by atoms with van der Waals surface area (Å²) in [6, 6.07) is 5.18. The molecule has 0 aromatic heterocycles. The van der Waals surface area contributed by atoms with E-state index in [2.05, 4.69) is 39.9 Å². The molecular weight excluding hydrogens is 249 g/mol. The van der Waals surface area contributed by atoms with Gasteiger partial charge in [-0.15, -0.1) is 0 Å².